The van der Waals surface area contributed by atoms with Crippen molar-refractivity contribution in [2.45, 2.75) is 155 Å². The fraction of sp³-hybridized carbons (Fsp3) is 0.694. The van der Waals surface area contributed by atoms with E-state index in [1.165, 1.54) is 56.9 Å². The van der Waals surface area contributed by atoms with Gasteiger partial charge >= 0.3 is 0 Å². The molecule has 1 aromatic carbocycles. The number of likely N-dealkylation sites (tertiary alicyclic amines) is 1. The van der Waals surface area contributed by atoms with Gasteiger partial charge in [0.15, 0.2) is 0 Å². The van der Waals surface area contributed by atoms with Gasteiger partial charge in [0.1, 0.15) is 40.6 Å². The third-order valence-electron chi connectivity index (χ3n) is 12.4. The number of amides is 9. The average Bonchev–Trinajstić information content (AvgIpc) is 3.66. The van der Waals surface area contributed by atoms with Crippen molar-refractivity contribution in [1.29, 1.82) is 0 Å². The molecule has 0 aromatic heterocycles. The van der Waals surface area contributed by atoms with Crippen LogP contribution in [-0.2, 0) is 38.4 Å². The molecule has 8 N–H and O–H groups in total. The van der Waals surface area contributed by atoms with E-state index >= 15 is 0 Å². The first kappa shape index (κ1) is 57.7. The second-order valence-corrected chi connectivity index (χ2v) is 21.0. The summed E-state index contributed by atoms with van der Waals surface area (Å²) < 4.78 is 13.6. The van der Waals surface area contributed by atoms with Crippen LogP contribution in [-0.4, -0.2) is 145 Å². The summed E-state index contributed by atoms with van der Waals surface area (Å²) in [6.07, 6.45) is 6.86. The smallest absolute Gasteiger partial charge is 0.254 e. The Balaban J connectivity index is 1.58. The van der Waals surface area contributed by atoms with E-state index in [9.17, 15) is 47.5 Å². The molecule has 0 radical (unpaired) electrons. The molecule has 1 saturated carbocycles. The first-order valence-electron chi connectivity index (χ1n) is 24.2. The van der Waals surface area contributed by atoms with Gasteiger partial charge < -0.3 is 52.3 Å². The number of halogens is 1. The lowest BCUT2D eigenvalue weighted by Crippen LogP contribution is -2.64. The first-order valence-corrected chi connectivity index (χ1v) is 24.2. The second kappa shape index (κ2) is 25.8. The third kappa shape index (κ3) is 18.6. The maximum atomic E-state index is 13.8. The summed E-state index contributed by atoms with van der Waals surface area (Å²) in [5.41, 5.74) is -4.13. The highest BCUT2D eigenvalue weighted by atomic mass is 19.1. The van der Waals surface area contributed by atoms with Crippen molar-refractivity contribution in [1.82, 2.24) is 52.3 Å². The lowest BCUT2D eigenvalue weighted by atomic mass is 9.85. The molecule has 19 nitrogen and oxygen atoms in total. The maximum absolute atomic E-state index is 13.8. The molecule has 2 unspecified atom stereocenters. The molecule has 1 aliphatic heterocycles. The Morgan fingerprint density at radius 1 is 0.710 bits per heavy atom. The zero-order valence-electron chi connectivity index (χ0n) is 42.6. The molecule has 20 heteroatoms. The monoisotopic (exact) mass is 971 g/mol. The van der Waals surface area contributed by atoms with E-state index in [1.54, 1.807) is 13.8 Å². The lowest BCUT2D eigenvalue weighted by molar-refractivity contribution is -0.138. The van der Waals surface area contributed by atoms with Crippen molar-refractivity contribution in [2.75, 3.05) is 46.8 Å². The summed E-state index contributed by atoms with van der Waals surface area (Å²) in [7, 11) is 3.73. The zero-order chi connectivity index (χ0) is 51.9. The van der Waals surface area contributed by atoms with E-state index in [4.69, 9.17) is 0 Å². The molecule has 1 heterocycles. The molecule has 69 heavy (non-hydrogen) atoms. The van der Waals surface area contributed by atoms with Crippen molar-refractivity contribution in [3.8, 4) is 0 Å². The Kier molecular flexibility index (Phi) is 21.6. The fourth-order valence-corrected chi connectivity index (χ4v) is 8.32. The summed E-state index contributed by atoms with van der Waals surface area (Å²) in [5.74, 6) is -5.61. The molecule has 386 valence electrons. The van der Waals surface area contributed by atoms with Crippen molar-refractivity contribution < 1.29 is 47.5 Å². The van der Waals surface area contributed by atoms with Crippen molar-refractivity contribution in [2.24, 2.45) is 17.8 Å². The third-order valence-corrected chi connectivity index (χ3v) is 12.4. The number of carbonyl (C=O) groups excluding carboxylic acids is 9. The van der Waals surface area contributed by atoms with Crippen molar-refractivity contribution >= 4 is 53.2 Å². The van der Waals surface area contributed by atoms with E-state index in [0.29, 0.717) is 44.8 Å². The molecule has 1 saturated heterocycles. The van der Waals surface area contributed by atoms with Gasteiger partial charge in [-0.1, -0.05) is 52.9 Å². The van der Waals surface area contributed by atoms with Gasteiger partial charge in [0, 0.05) is 25.2 Å². The number of benzene rings is 1. The number of nitrogens with zero attached hydrogens (tertiary/aromatic N) is 2. The average molecular weight is 971 g/mol. The molecule has 3 rings (SSSR count). The largest absolute Gasteiger partial charge is 0.353 e. The summed E-state index contributed by atoms with van der Waals surface area (Å²) in [5, 5.41) is 21.2. The Labute approximate surface area is 407 Å². The SMILES string of the molecule is CC(C)CC(NC(=O)CNC(=O)C(C)(C)NC(=O)CNC(=O)[C@H](CCC1CCCCC1)NC(=O)[C@@H]1CC(C)CN1C(=O)c1ccc(F)cc1)C(=O)NC(C)(C)C(=O)NC(C)(C)C(=O)NCCN(C)C. The number of carbonyl (C=O) groups is 9. The highest BCUT2D eigenvalue weighted by Gasteiger charge is 2.41. The van der Waals surface area contributed by atoms with Crippen LogP contribution in [0.4, 0.5) is 4.39 Å². The lowest BCUT2D eigenvalue weighted by Gasteiger charge is -2.33. The highest BCUT2D eigenvalue weighted by Crippen LogP contribution is 2.29. The van der Waals surface area contributed by atoms with Gasteiger partial charge in [-0.25, -0.2) is 4.39 Å². The predicted octanol–water partition coefficient (Wildman–Crippen LogP) is 1.65. The molecule has 2 aliphatic rings. The van der Waals surface area contributed by atoms with Crippen LogP contribution in [0.5, 0.6) is 0 Å². The van der Waals surface area contributed by atoms with Gasteiger partial charge in [-0.05, 0) is 123 Å². The molecule has 9 amide bonds. The minimum atomic E-state index is -1.57. The Morgan fingerprint density at radius 3 is 1.90 bits per heavy atom. The molecular weight excluding hydrogens is 892 g/mol. The number of likely N-dealkylation sites (N-methyl/N-ethyl adjacent to an activating group) is 1. The normalized spacial score (nSPS) is 17.6. The number of rotatable bonds is 24. The molecular formula is C49H79FN10O9. The molecule has 1 aromatic rings. The standard InChI is InChI=1S/C49H79FN10O9/c1-30(2)25-36(41(64)57-49(8,9)46(69)58-48(6,7)44(67)51-23-24-59(10)11)54-38(61)27-53-45(68)47(4,5)56-39(62)28-52-40(63)35(22-17-32-15-13-12-14-16-32)55-42(65)37-26-31(3)29-60(37)43(66)33-18-20-34(50)21-19-33/h18-21,30-32,35-37H,12-17,22-29H2,1-11H3,(H,51,67)(H,52,63)(H,53,68)(H,54,61)(H,55,65)(H,56,62)(H,57,64)(H,58,69)/t31?,35-,36?,37-/m0/s1. The summed E-state index contributed by atoms with van der Waals surface area (Å²) in [4.78, 5) is 124. The van der Waals surface area contributed by atoms with Crippen LogP contribution in [0.2, 0.25) is 0 Å². The van der Waals surface area contributed by atoms with Crippen LogP contribution >= 0.6 is 0 Å². The van der Waals surface area contributed by atoms with Crippen molar-refractivity contribution in [3.05, 3.63) is 35.6 Å². The van der Waals surface area contributed by atoms with Gasteiger partial charge in [-0.3, -0.25) is 43.2 Å². The number of hydrogen-bond acceptors (Lipinski definition) is 10. The molecule has 1 aliphatic carbocycles. The number of hydrogen-bond donors (Lipinski definition) is 8. The Morgan fingerprint density at radius 2 is 1.29 bits per heavy atom. The van der Waals surface area contributed by atoms with Crippen LogP contribution < -0.4 is 42.5 Å². The quantitative estimate of drug-likeness (QED) is 0.0744. The van der Waals surface area contributed by atoms with E-state index in [0.717, 1.165) is 32.1 Å². The van der Waals surface area contributed by atoms with E-state index in [2.05, 4.69) is 42.5 Å². The van der Waals surface area contributed by atoms with Gasteiger partial charge in [0.2, 0.25) is 47.3 Å². The number of nitrogens with one attached hydrogen (secondary N) is 8. The first-order chi connectivity index (χ1) is 32.1. The molecule has 0 bridgehead atoms. The summed E-state index contributed by atoms with van der Waals surface area (Å²) >= 11 is 0. The topological polar surface area (TPSA) is 256 Å². The van der Waals surface area contributed by atoms with E-state index in [-0.39, 0.29) is 23.8 Å². The Bertz CT molecular complexity index is 1990. The van der Waals surface area contributed by atoms with Crippen LogP contribution in [0.1, 0.15) is 130 Å². The minimum Gasteiger partial charge on any atom is -0.353 e. The fourth-order valence-electron chi connectivity index (χ4n) is 8.32. The predicted molar refractivity (Wildman–Crippen MR) is 258 cm³/mol. The maximum Gasteiger partial charge on any atom is 0.254 e. The summed E-state index contributed by atoms with van der Waals surface area (Å²) in [6, 6.07) is 2.11. The van der Waals surface area contributed by atoms with Crippen LogP contribution in [0.25, 0.3) is 0 Å². The minimum absolute atomic E-state index is 0.00904. The highest BCUT2D eigenvalue weighted by molar-refractivity contribution is 6.00. The van der Waals surface area contributed by atoms with Gasteiger partial charge in [0.05, 0.1) is 13.1 Å². The van der Waals surface area contributed by atoms with E-state index < -0.39 is 107 Å². The van der Waals surface area contributed by atoms with Crippen molar-refractivity contribution in [3.63, 3.8) is 0 Å². The molecule has 4 atom stereocenters. The molecule has 0 spiro atoms. The van der Waals surface area contributed by atoms with Gasteiger partial charge in [-0.2, -0.15) is 0 Å². The van der Waals surface area contributed by atoms with Gasteiger partial charge in [-0.15, -0.1) is 0 Å². The summed E-state index contributed by atoms with van der Waals surface area (Å²) in [6.45, 7) is 14.6. The second-order valence-electron chi connectivity index (χ2n) is 21.0. The molecule has 2 fully saturated rings. The van der Waals surface area contributed by atoms with E-state index in [1.807, 2.05) is 39.8 Å². The van der Waals surface area contributed by atoms with Crippen LogP contribution in [0.15, 0.2) is 24.3 Å². The van der Waals surface area contributed by atoms with Crippen LogP contribution in [0, 0.1) is 23.6 Å². The Hall–Kier alpha value is -5.66. The zero-order valence-corrected chi connectivity index (χ0v) is 42.6. The van der Waals surface area contributed by atoms with Crippen LogP contribution in [0.3, 0.4) is 0 Å². The van der Waals surface area contributed by atoms with Gasteiger partial charge in [0.25, 0.3) is 5.91 Å².